The van der Waals surface area contributed by atoms with Crippen molar-refractivity contribution in [3.63, 3.8) is 0 Å². The quantitative estimate of drug-likeness (QED) is 0.606. The monoisotopic (exact) mass is 166 g/mol. The number of nitriles is 2. The Morgan fingerprint density at radius 1 is 1.00 bits per heavy atom. The summed E-state index contributed by atoms with van der Waals surface area (Å²) in [7, 11) is 0. The van der Waals surface area contributed by atoms with Gasteiger partial charge in [-0.1, -0.05) is 0 Å². The van der Waals surface area contributed by atoms with E-state index in [0.717, 1.165) is 19.6 Å². The molecule has 12 heavy (non-hydrogen) atoms. The first-order chi connectivity index (χ1) is 5.85. The van der Waals surface area contributed by atoms with Gasteiger partial charge in [-0.3, -0.25) is 0 Å². The minimum Gasteiger partial charge on any atom is -0.329 e. The minimum absolute atomic E-state index is 0.505. The molecule has 0 radical (unpaired) electrons. The van der Waals surface area contributed by atoms with Crippen molar-refractivity contribution in [2.24, 2.45) is 5.73 Å². The smallest absolute Gasteiger partial charge is 0.0635 e. The molecule has 0 amide bonds. The molecule has 0 rings (SSSR count). The van der Waals surface area contributed by atoms with Gasteiger partial charge in [0.25, 0.3) is 0 Å². The van der Waals surface area contributed by atoms with Crippen molar-refractivity contribution >= 4 is 0 Å². The molecule has 4 nitrogen and oxygen atoms in total. The van der Waals surface area contributed by atoms with Crippen LogP contribution in [0.4, 0.5) is 0 Å². The summed E-state index contributed by atoms with van der Waals surface area (Å²) >= 11 is 0. The first-order valence-electron chi connectivity index (χ1n) is 4.01. The van der Waals surface area contributed by atoms with Crippen LogP contribution in [0.15, 0.2) is 0 Å². The van der Waals surface area contributed by atoms with E-state index in [2.05, 4.69) is 12.1 Å². The SMILES string of the molecule is N#CCCN(CCN)CCC#N. The number of rotatable bonds is 6. The number of hydrogen-bond acceptors (Lipinski definition) is 4. The summed E-state index contributed by atoms with van der Waals surface area (Å²) in [5.41, 5.74) is 5.37. The third-order valence-corrected chi connectivity index (χ3v) is 1.52. The summed E-state index contributed by atoms with van der Waals surface area (Å²) in [4.78, 5) is 2.03. The highest BCUT2D eigenvalue weighted by Gasteiger charge is 2.01. The van der Waals surface area contributed by atoms with Crippen LogP contribution in [-0.4, -0.2) is 31.1 Å². The summed E-state index contributed by atoms with van der Waals surface area (Å²) in [5.74, 6) is 0. The first kappa shape index (κ1) is 10.9. The zero-order chi connectivity index (χ0) is 9.23. The van der Waals surface area contributed by atoms with Gasteiger partial charge in [-0.2, -0.15) is 10.5 Å². The lowest BCUT2D eigenvalue weighted by Gasteiger charge is -2.17. The van der Waals surface area contributed by atoms with Crippen LogP contribution in [0.3, 0.4) is 0 Å². The van der Waals surface area contributed by atoms with Gasteiger partial charge in [0.2, 0.25) is 0 Å². The highest BCUT2D eigenvalue weighted by molar-refractivity contribution is 4.76. The molecule has 0 aromatic carbocycles. The largest absolute Gasteiger partial charge is 0.329 e. The second-order valence-electron chi connectivity index (χ2n) is 2.45. The molecule has 0 bridgehead atoms. The Bertz CT molecular complexity index is 158. The molecule has 0 atom stereocenters. The van der Waals surface area contributed by atoms with Crippen LogP contribution >= 0.6 is 0 Å². The molecule has 0 aromatic heterocycles. The molecule has 2 N–H and O–H groups in total. The molecule has 0 spiro atoms. The maximum atomic E-state index is 8.34. The van der Waals surface area contributed by atoms with E-state index in [-0.39, 0.29) is 0 Å². The van der Waals surface area contributed by atoms with Crippen molar-refractivity contribution in [3.05, 3.63) is 0 Å². The van der Waals surface area contributed by atoms with Crippen molar-refractivity contribution in [1.82, 2.24) is 4.90 Å². The van der Waals surface area contributed by atoms with E-state index in [9.17, 15) is 0 Å². The van der Waals surface area contributed by atoms with Crippen molar-refractivity contribution in [2.45, 2.75) is 12.8 Å². The van der Waals surface area contributed by atoms with Gasteiger partial charge in [-0.05, 0) is 0 Å². The van der Waals surface area contributed by atoms with Gasteiger partial charge < -0.3 is 10.6 Å². The first-order valence-corrected chi connectivity index (χ1v) is 4.01. The van der Waals surface area contributed by atoms with Crippen LogP contribution in [0.5, 0.6) is 0 Å². The van der Waals surface area contributed by atoms with E-state index >= 15 is 0 Å². The molecule has 0 saturated heterocycles. The minimum atomic E-state index is 0.505. The lowest BCUT2D eigenvalue weighted by Crippen LogP contribution is -2.31. The van der Waals surface area contributed by atoms with E-state index in [4.69, 9.17) is 16.3 Å². The molecule has 0 aliphatic rings. The second kappa shape index (κ2) is 8.00. The van der Waals surface area contributed by atoms with Crippen LogP contribution in [0, 0.1) is 22.7 Å². The average molecular weight is 166 g/mol. The Morgan fingerprint density at radius 2 is 1.50 bits per heavy atom. The summed E-state index contributed by atoms with van der Waals surface area (Å²) in [5, 5.41) is 16.7. The molecule has 0 unspecified atom stereocenters. The predicted octanol–water partition coefficient (Wildman–Crippen LogP) is 0.0745. The second-order valence-corrected chi connectivity index (χ2v) is 2.45. The third-order valence-electron chi connectivity index (χ3n) is 1.52. The molecule has 0 saturated carbocycles. The van der Waals surface area contributed by atoms with E-state index in [0.29, 0.717) is 19.4 Å². The Kier molecular flexibility index (Phi) is 7.27. The normalized spacial score (nSPS) is 9.33. The Labute approximate surface area is 73.2 Å². The molecular formula is C8H14N4. The molecule has 0 heterocycles. The fourth-order valence-electron chi connectivity index (χ4n) is 0.934. The van der Waals surface area contributed by atoms with Gasteiger partial charge in [-0.25, -0.2) is 0 Å². The highest BCUT2D eigenvalue weighted by Crippen LogP contribution is 1.91. The van der Waals surface area contributed by atoms with Gasteiger partial charge in [0, 0.05) is 39.0 Å². The molecule has 0 aliphatic heterocycles. The lowest BCUT2D eigenvalue weighted by molar-refractivity contribution is 0.294. The van der Waals surface area contributed by atoms with Gasteiger partial charge in [0.1, 0.15) is 0 Å². The Morgan fingerprint density at radius 3 is 1.83 bits per heavy atom. The molecule has 66 valence electrons. The summed E-state index contributed by atoms with van der Waals surface area (Å²) < 4.78 is 0. The molecule has 0 aromatic rings. The predicted molar refractivity (Wildman–Crippen MR) is 46.0 cm³/mol. The highest BCUT2D eigenvalue weighted by atomic mass is 15.1. The van der Waals surface area contributed by atoms with Crippen LogP contribution in [0.2, 0.25) is 0 Å². The molecule has 0 fully saturated rings. The number of nitrogens with two attached hydrogens (primary N) is 1. The third kappa shape index (κ3) is 5.67. The maximum Gasteiger partial charge on any atom is 0.0635 e. The zero-order valence-corrected chi connectivity index (χ0v) is 7.16. The molecule has 0 aliphatic carbocycles. The van der Waals surface area contributed by atoms with Crippen LogP contribution < -0.4 is 5.73 Å². The Balaban J connectivity index is 3.57. The molecular weight excluding hydrogens is 152 g/mol. The fraction of sp³-hybridized carbons (Fsp3) is 0.750. The molecule has 4 heteroatoms. The van der Waals surface area contributed by atoms with Crippen LogP contribution in [0.1, 0.15) is 12.8 Å². The topological polar surface area (TPSA) is 76.8 Å². The van der Waals surface area contributed by atoms with E-state index in [1.54, 1.807) is 0 Å². The zero-order valence-electron chi connectivity index (χ0n) is 7.16. The summed E-state index contributed by atoms with van der Waals surface area (Å²) in [6, 6.07) is 4.14. The van der Waals surface area contributed by atoms with Gasteiger partial charge in [-0.15, -0.1) is 0 Å². The summed E-state index contributed by atoms with van der Waals surface area (Å²) in [6.07, 6.45) is 1.01. The van der Waals surface area contributed by atoms with Crippen LogP contribution in [-0.2, 0) is 0 Å². The van der Waals surface area contributed by atoms with Crippen molar-refractivity contribution < 1.29 is 0 Å². The Hall–Kier alpha value is -1.10. The van der Waals surface area contributed by atoms with Gasteiger partial charge >= 0.3 is 0 Å². The van der Waals surface area contributed by atoms with Crippen molar-refractivity contribution in [1.29, 1.82) is 10.5 Å². The fourth-order valence-corrected chi connectivity index (χ4v) is 0.934. The number of hydrogen-bond donors (Lipinski definition) is 1. The average Bonchev–Trinajstić information content (AvgIpc) is 2.10. The van der Waals surface area contributed by atoms with Gasteiger partial charge in [0.15, 0.2) is 0 Å². The van der Waals surface area contributed by atoms with E-state index < -0.39 is 0 Å². The lowest BCUT2D eigenvalue weighted by atomic mass is 10.3. The summed E-state index contributed by atoms with van der Waals surface area (Å²) in [6.45, 7) is 2.78. The van der Waals surface area contributed by atoms with Crippen molar-refractivity contribution in [3.8, 4) is 12.1 Å². The maximum absolute atomic E-state index is 8.34. The van der Waals surface area contributed by atoms with Crippen molar-refractivity contribution in [2.75, 3.05) is 26.2 Å². The van der Waals surface area contributed by atoms with Gasteiger partial charge in [0.05, 0.1) is 12.1 Å². The van der Waals surface area contributed by atoms with E-state index in [1.165, 1.54) is 0 Å². The standard InChI is InChI=1S/C8H14N4/c9-3-1-6-12(8-5-11)7-2-4-10/h1-2,5-8,11H2. The van der Waals surface area contributed by atoms with E-state index in [1.807, 2.05) is 4.90 Å². The number of nitrogens with zero attached hydrogens (tertiary/aromatic N) is 3. The van der Waals surface area contributed by atoms with Crippen LogP contribution in [0.25, 0.3) is 0 Å².